The minimum Gasteiger partial charge on any atom is -0.480 e. The number of benzene rings is 1. The second kappa shape index (κ2) is 7.35. The largest absolute Gasteiger partial charge is 0.480 e. The van der Waals surface area contributed by atoms with E-state index in [-0.39, 0.29) is 6.54 Å². The number of aryl methyl sites for hydroxylation is 1. The summed E-state index contributed by atoms with van der Waals surface area (Å²) in [6.07, 6.45) is 0.516. The van der Waals surface area contributed by atoms with Crippen molar-refractivity contribution >= 4 is 5.97 Å². The molecule has 0 aliphatic rings. The zero-order chi connectivity index (χ0) is 14.3. The molecule has 0 spiro atoms. The van der Waals surface area contributed by atoms with E-state index in [0.717, 1.165) is 0 Å². The summed E-state index contributed by atoms with van der Waals surface area (Å²) in [5.41, 5.74) is 8.93. The summed E-state index contributed by atoms with van der Waals surface area (Å²) in [5.74, 6) is -1.51. The number of carboxylic acid groups (broad SMARTS) is 1. The molecule has 0 saturated carbocycles. The average Bonchev–Trinajstić information content (AvgIpc) is 2.37. The van der Waals surface area contributed by atoms with Gasteiger partial charge in [0.25, 0.3) is 0 Å². The molecular formula is C12H15FN4O2. The highest BCUT2D eigenvalue weighted by molar-refractivity contribution is 5.75. The normalized spacial score (nSPS) is 11.7. The minimum absolute atomic E-state index is 0.290. The lowest BCUT2D eigenvalue weighted by Gasteiger charge is -2.15. The highest BCUT2D eigenvalue weighted by Crippen LogP contribution is 2.17. The van der Waals surface area contributed by atoms with Gasteiger partial charge in [0, 0.05) is 11.5 Å². The monoisotopic (exact) mass is 266 g/mol. The van der Waals surface area contributed by atoms with Gasteiger partial charge in [-0.2, -0.15) is 0 Å². The molecule has 1 aromatic rings. The van der Waals surface area contributed by atoms with Crippen LogP contribution in [0.5, 0.6) is 0 Å². The summed E-state index contributed by atoms with van der Waals surface area (Å²) in [5, 5.41) is 15.3. The predicted molar refractivity (Wildman–Crippen MR) is 68.1 cm³/mol. The number of hydrogen-bond acceptors (Lipinski definition) is 3. The van der Waals surface area contributed by atoms with Crippen LogP contribution in [0.1, 0.15) is 23.6 Å². The van der Waals surface area contributed by atoms with E-state index in [2.05, 4.69) is 15.3 Å². The first kappa shape index (κ1) is 14.9. The van der Waals surface area contributed by atoms with Crippen LogP contribution in [0.2, 0.25) is 0 Å². The third-order valence-corrected chi connectivity index (χ3v) is 2.62. The Labute approximate surface area is 109 Å². The van der Waals surface area contributed by atoms with Gasteiger partial charge in [0.05, 0.1) is 0 Å². The van der Waals surface area contributed by atoms with Crippen LogP contribution in [0, 0.1) is 12.7 Å². The van der Waals surface area contributed by atoms with Crippen LogP contribution >= 0.6 is 0 Å². The van der Waals surface area contributed by atoms with Crippen LogP contribution in [0.3, 0.4) is 0 Å². The van der Waals surface area contributed by atoms with Gasteiger partial charge in [-0.1, -0.05) is 17.2 Å². The molecular weight excluding hydrogens is 251 g/mol. The quantitative estimate of drug-likeness (QED) is 0.343. The number of aliphatic carboxylic acids is 1. The van der Waals surface area contributed by atoms with Gasteiger partial charge in [-0.15, -0.1) is 0 Å². The first-order valence-corrected chi connectivity index (χ1v) is 5.79. The van der Waals surface area contributed by atoms with Crippen molar-refractivity contribution in [1.29, 1.82) is 0 Å². The topological polar surface area (TPSA) is 98.1 Å². The Kier molecular flexibility index (Phi) is 5.78. The predicted octanol–water partition coefficient (Wildman–Crippen LogP) is 2.55. The molecule has 102 valence electrons. The van der Waals surface area contributed by atoms with Crippen molar-refractivity contribution in [2.45, 2.75) is 19.4 Å². The molecule has 19 heavy (non-hydrogen) atoms. The molecule has 7 heteroatoms. The second-order valence-electron chi connectivity index (χ2n) is 4.04. The Morgan fingerprint density at radius 3 is 2.95 bits per heavy atom. The van der Waals surface area contributed by atoms with Gasteiger partial charge in [-0.3, -0.25) is 4.79 Å². The summed E-state index contributed by atoms with van der Waals surface area (Å²) >= 11 is 0. The Morgan fingerprint density at radius 1 is 1.63 bits per heavy atom. The molecule has 0 heterocycles. The Balaban J connectivity index is 2.69. The summed E-state index contributed by atoms with van der Waals surface area (Å²) in [4.78, 5) is 13.7. The van der Waals surface area contributed by atoms with Gasteiger partial charge in [-0.25, -0.2) is 4.39 Å². The zero-order valence-corrected chi connectivity index (χ0v) is 10.5. The molecule has 1 unspecified atom stereocenters. The van der Waals surface area contributed by atoms with Crippen LogP contribution in [-0.4, -0.2) is 24.2 Å². The van der Waals surface area contributed by atoms with Crippen LogP contribution in [0.15, 0.2) is 23.3 Å². The SMILES string of the molecule is Cc1ccc(C(NCCCN=[N+]=[N-])C(=O)O)cc1F. The summed E-state index contributed by atoms with van der Waals surface area (Å²) < 4.78 is 13.4. The Morgan fingerprint density at radius 2 is 2.37 bits per heavy atom. The van der Waals surface area contributed by atoms with E-state index in [9.17, 15) is 9.18 Å². The van der Waals surface area contributed by atoms with E-state index < -0.39 is 17.8 Å². The molecule has 6 nitrogen and oxygen atoms in total. The molecule has 0 amide bonds. The maximum Gasteiger partial charge on any atom is 0.325 e. The van der Waals surface area contributed by atoms with Crippen LogP contribution < -0.4 is 5.32 Å². The molecule has 0 saturated heterocycles. The molecule has 0 aliphatic carbocycles. The van der Waals surface area contributed by atoms with Crippen molar-refractivity contribution in [2.75, 3.05) is 13.1 Å². The molecule has 1 rings (SSSR count). The first-order chi connectivity index (χ1) is 9.06. The molecule has 0 radical (unpaired) electrons. The van der Waals surface area contributed by atoms with Crippen LogP contribution in [0.4, 0.5) is 4.39 Å². The smallest absolute Gasteiger partial charge is 0.325 e. The highest BCUT2D eigenvalue weighted by Gasteiger charge is 2.19. The summed E-state index contributed by atoms with van der Waals surface area (Å²) in [6, 6.07) is 3.37. The van der Waals surface area contributed by atoms with Crippen molar-refractivity contribution in [1.82, 2.24) is 5.32 Å². The van der Waals surface area contributed by atoms with Crippen molar-refractivity contribution in [3.8, 4) is 0 Å². The average molecular weight is 266 g/mol. The van der Waals surface area contributed by atoms with Gasteiger partial charge in [-0.05, 0) is 42.6 Å². The van der Waals surface area contributed by atoms with E-state index in [4.69, 9.17) is 10.6 Å². The Hall–Kier alpha value is -2.11. The van der Waals surface area contributed by atoms with E-state index in [1.165, 1.54) is 6.07 Å². The molecule has 1 atom stereocenters. The third kappa shape index (κ3) is 4.57. The molecule has 0 aromatic heterocycles. The number of carboxylic acids is 1. The lowest BCUT2D eigenvalue weighted by Crippen LogP contribution is -2.29. The molecule has 1 aromatic carbocycles. The number of nitrogens with one attached hydrogen (secondary N) is 1. The lowest BCUT2D eigenvalue weighted by molar-refractivity contribution is -0.139. The molecule has 0 fully saturated rings. The van der Waals surface area contributed by atoms with Crippen molar-refractivity contribution in [3.63, 3.8) is 0 Å². The van der Waals surface area contributed by atoms with Gasteiger partial charge < -0.3 is 10.4 Å². The number of carbonyl (C=O) groups is 1. The van der Waals surface area contributed by atoms with Crippen molar-refractivity contribution in [3.05, 3.63) is 45.6 Å². The van der Waals surface area contributed by atoms with Gasteiger partial charge in [0.2, 0.25) is 0 Å². The van der Waals surface area contributed by atoms with Crippen molar-refractivity contribution in [2.24, 2.45) is 5.11 Å². The summed E-state index contributed by atoms with van der Waals surface area (Å²) in [6.45, 7) is 2.27. The molecule has 0 aliphatic heterocycles. The maximum absolute atomic E-state index is 13.4. The highest BCUT2D eigenvalue weighted by atomic mass is 19.1. The summed E-state index contributed by atoms with van der Waals surface area (Å²) in [7, 11) is 0. The fraction of sp³-hybridized carbons (Fsp3) is 0.417. The van der Waals surface area contributed by atoms with Gasteiger partial charge in [0.1, 0.15) is 11.9 Å². The molecule has 0 bridgehead atoms. The van der Waals surface area contributed by atoms with E-state index in [0.29, 0.717) is 24.1 Å². The standard InChI is InChI=1S/C12H15FN4O2/c1-8-3-4-9(7-10(8)13)11(12(18)19)15-5-2-6-16-17-14/h3-4,7,11,15H,2,5-6H2,1H3,(H,18,19). The Bertz CT molecular complexity index is 501. The number of azide groups is 1. The van der Waals surface area contributed by atoms with E-state index >= 15 is 0 Å². The van der Waals surface area contributed by atoms with Crippen LogP contribution in [-0.2, 0) is 4.79 Å². The lowest BCUT2D eigenvalue weighted by atomic mass is 10.0. The van der Waals surface area contributed by atoms with Gasteiger partial charge >= 0.3 is 5.97 Å². The van der Waals surface area contributed by atoms with Crippen LogP contribution in [0.25, 0.3) is 10.4 Å². The van der Waals surface area contributed by atoms with Crippen molar-refractivity contribution < 1.29 is 14.3 Å². The van der Waals surface area contributed by atoms with E-state index in [1.807, 2.05) is 0 Å². The third-order valence-electron chi connectivity index (χ3n) is 2.62. The fourth-order valence-corrected chi connectivity index (χ4v) is 1.58. The van der Waals surface area contributed by atoms with Gasteiger partial charge in [0.15, 0.2) is 0 Å². The fourth-order valence-electron chi connectivity index (χ4n) is 1.58. The number of rotatable bonds is 7. The number of hydrogen-bond donors (Lipinski definition) is 2. The zero-order valence-electron chi connectivity index (χ0n) is 10.5. The number of nitrogens with zero attached hydrogens (tertiary/aromatic N) is 3. The number of halogens is 1. The maximum atomic E-state index is 13.4. The second-order valence-corrected chi connectivity index (χ2v) is 4.04. The minimum atomic E-state index is -1.08. The van der Waals surface area contributed by atoms with E-state index in [1.54, 1.807) is 19.1 Å². The first-order valence-electron chi connectivity index (χ1n) is 5.79. The molecule has 2 N–H and O–H groups in total.